The van der Waals surface area contributed by atoms with Crippen molar-refractivity contribution in [2.45, 2.75) is 6.92 Å². The standard InChI is InChI=1S/C18H16ClN3O2S2/c1-11-16(26-17(20-11)14-4-3-9-25-14)18(24)22(2)10-15(23)21-13-7-5-12(19)6-8-13/h3-9H,10H2,1-2H3,(H,21,23). The Balaban J connectivity index is 1.66. The van der Waals surface area contributed by atoms with Crippen molar-refractivity contribution in [1.82, 2.24) is 9.88 Å². The summed E-state index contributed by atoms with van der Waals surface area (Å²) >= 11 is 8.75. The fraction of sp³-hybridized carbons (Fsp3) is 0.167. The number of halogens is 1. The van der Waals surface area contributed by atoms with Gasteiger partial charge >= 0.3 is 0 Å². The van der Waals surface area contributed by atoms with Gasteiger partial charge in [-0.05, 0) is 42.6 Å². The van der Waals surface area contributed by atoms with E-state index in [0.717, 1.165) is 9.88 Å². The Hall–Kier alpha value is -2.22. The highest BCUT2D eigenvalue weighted by atomic mass is 35.5. The Labute approximate surface area is 164 Å². The molecule has 0 atom stereocenters. The number of aromatic nitrogens is 1. The fourth-order valence-electron chi connectivity index (χ4n) is 2.29. The van der Waals surface area contributed by atoms with Gasteiger partial charge in [0.1, 0.15) is 9.88 Å². The molecule has 3 rings (SSSR count). The van der Waals surface area contributed by atoms with Crippen LogP contribution in [0.5, 0.6) is 0 Å². The van der Waals surface area contributed by atoms with Gasteiger partial charge in [-0.2, -0.15) is 0 Å². The number of aryl methyl sites for hydroxylation is 1. The molecule has 0 bridgehead atoms. The van der Waals surface area contributed by atoms with Crippen molar-refractivity contribution in [2.24, 2.45) is 0 Å². The van der Waals surface area contributed by atoms with Gasteiger partial charge in [-0.3, -0.25) is 9.59 Å². The molecule has 1 aromatic carbocycles. The van der Waals surface area contributed by atoms with E-state index in [0.29, 0.717) is 21.3 Å². The topological polar surface area (TPSA) is 62.3 Å². The number of anilines is 1. The van der Waals surface area contributed by atoms with Crippen LogP contribution >= 0.6 is 34.3 Å². The molecule has 2 amide bonds. The lowest BCUT2D eigenvalue weighted by molar-refractivity contribution is -0.116. The summed E-state index contributed by atoms with van der Waals surface area (Å²) in [7, 11) is 1.60. The Morgan fingerprint density at radius 1 is 1.23 bits per heavy atom. The Bertz CT molecular complexity index is 921. The lowest BCUT2D eigenvalue weighted by Crippen LogP contribution is -2.34. The molecule has 0 saturated heterocycles. The van der Waals surface area contributed by atoms with E-state index in [2.05, 4.69) is 10.3 Å². The van der Waals surface area contributed by atoms with Gasteiger partial charge in [0.15, 0.2) is 0 Å². The molecule has 0 aliphatic heterocycles. The molecular formula is C18H16ClN3O2S2. The summed E-state index contributed by atoms with van der Waals surface area (Å²) in [4.78, 5) is 32.3. The summed E-state index contributed by atoms with van der Waals surface area (Å²) in [5.74, 6) is -0.488. The molecule has 0 fully saturated rings. The summed E-state index contributed by atoms with van der Waals surface area (Å²) in [5.41, 5.74) is 1.31. The summed E-state index contributed by atoms with van der Waals surface area (Å²) in [6.45, 7) is 1.76. The summed E-state index contributed by atoms with van der Waals surface area (Å²) in [6, 6.07) is 10.7. The quantitative estimate of drug-likeness (QED) is 0.677. The second-order valence-electron chi connectivity index (χ2n) is 5.63. The first-order chi connectivity index (χ1) is 12.4. The molecule has 2 aromatic heterocycles. The highest BCUT2D eigenvalue weighted by molar-refractivity contribution is 7.22. The van der Waals surface area contributed by atoms with Gasteiger partial charge in [0, 0.05) is 17.8 Å². The number of nitrogens with zero attached hydrogens (tertiary/aromatic N) is 2. The third-order valence-electron chi connectivity index (χ3n) is 3.58. The zero-order valence-corrected chi connectivity index (χ0v) is 16.5. The minimum atomic E-state index is -0.274. The van der Waals surface area contributed by atoms with Gasteiger partial charge in [0.25, 0.3) is 5.91 Å². The highest BCUT2D eigenvalue weighted by Gasteiger charge is 2.21. The first kappa shape index (κ1) is 18.6. The molecule has 2 heterocycles. The van der Waals surface area contributed by atoms with Crippen molar-refractivity contribution in [3.8, 4) is 9.88 Å². The number of hydrogen-bond acceptors (Lipinski definition) is 5. The van der Waals surface area contributed by atoms with E-state index in [1.54, 1.807) is 42.6 Å². The Kier molecular flexibility index (Phi) is 5.70. The average Bonchev–Trinajstić information content (AvgIpc) is 3.25. The van der Waals surface area contributed by atoms with Gasteiger partial charge in [0.2, 0.25) is 5.91 Å². The predicted octanol–water partition coefficient (Wildman–Crippen LogP) is 4.54. The molecule has 5 nitrogen and oxygen atoms in total. The molecule has 0 spiro atoms. The van der Waals surface area contributed by atoms with E-state index < -0.39 is 0 Å². The minimum Gasteiger partial charge on any atom is -0.332 e. The summed E-state index contributed by atoms with van der Waals surface area (Å²) in [6.07, 6.45) is 0. The normalized spacial score (nSPS) is 10.6. The lowest BCUT2D eigenvalue weighted by Gasteiger charge is -2.16. The zero-order valence-electron chi connectivity index (χ0n) is 14.2. The highest BCUT2D eigenvalue weighted by Crippen LogP contribution is 2.31. The second-order valence-corrected chi connectivity index (χ2v) is 8.01. The van der Waals surface area contributed by atoms with Crippen molar-refractivity contribution in [2.75, 3.05) is 18.9 Å². The van der Waals surface area contributed by atoms with Gasteiger partial charge in [0.05, 0.1) is 17.1 Å². The number of carbonyl (C=O) groups excluding carboxylic acids is 2. The van der Waals surface area contributed by atoms with Crippen LogP contribution in [0.3, 0.4) is 0 Å². The van der Waals surface area contributed by atoms with Crippen LogP contribution < -0.4 is 5.32 Å². The molecule has 134 valence electrons. The van der Waals surface area contributed by atoms with E-state index in [1.807, 2.05) is 24.4 Å². The van der Waals surface area contributed by atoms with Crippen molar-refractivity contribution in [3.05, 3.63) is 57.4 Å². The van der Waals surface area contributed by atoms with Crippen LogP contribution in [0.1, 0.15) is 15.4 Å². The first-order valence-corrected chi connectivity index (χ1v) is 9.83. The molecule has 0 saturated carbocycles. The maximum atomic E-state index is 12.7. The van der Waals surface area contributed by atoms with Gasteiger partial charge in [-0.25, -0.2) is 4.98 Å². The molecule has 0 radical (unpaired) electrons. The Morgan fingerprint density at radius 2 is 1.96 bits per heavy atom. The lowest BCUT2D eigenvalue weighted by atomic mass is 10.3. The van der Waals surface area contributed by atoms with Crippen LogP contribution in [0, 0.1) is 6.92 Å². The third-order valence-corrected chi connectivity index (χ3v) is 6.01. The van der Waals surface area contributed by atoms with Crippen LogP contribution in [0.15, 0.2) is 41.8 Å². The van der Waals surface area contributed by atoms with Gasteiger partial charge in [-0.1, -0.05) is 17.7 Å². The third kappa shape index (κ3) is 4.30. The maximum Gasteiger partial charge on any atom is 0.266 e. The number of rotatable bonds is 5. The average molecular weight is 406 g/mol. The molecule has 0 aliphatic carbocycles. The number of thiazole rings is 1. The van der Waals surface area contributed by atoms with E-state index in [4.69, 9.17) is 11.6 Å². The molecule has 3 aromatic rings. The summed E-state index contributed by atoms with van der Waals surface area (Å²) in [5, 5.41) is 6.13. The monoisotopic (exact) mass is 405 g/mol. The number of carbonyl (C=O) groups is 2. The second kappa shape index (κ2) is 7.99. The van der Waals surface area contributed by atoms with E-state index in [1.165, 1.54) is 16.2 Å². The van der Waals surface area contributed by atoms with E-state index in [9.17, 15) is 9.59 Å². The van der Waals surface area contributed by atoms with Crippen LogP contribution in [0.25, 0.3) is 9.88 Å². The Morgan fingerprint density at radius 3 is 2.62 bits per heavy atom. The molecular weight excluding hydrogens is 390 g/mol. The first-order valence-electron chi connectivity index (χ1n) is 7.76. The van der Waals surface area contributed by atoms with Crippen molar-refractivity contribution in [1.29, 1.82) is 0 Å². The van der Waals surface area contributed by atoms with Crippen LogP contribution in [-0.4, -0.2) is 35.3 Å². The molecule has 8 heteroatoms. The minimum absolute atomic E-state index is 0.0485. The number of likely N-dealkylation sites (N-methyl/N-ethyl adjacent to an activating group) is 1. The zero-order chi connectivity index (χ0) is 18.7. The van der Waals surface area contributed by atoms with Gasteiger partial charge < -0.3 is 10.2 Å². The fourth-order valence-corrected chi connectivity index (χ4v) is 4.28. The predicted molar refractivity (Wildman–Crippen MR) is 107 cm³/mol. The van der Waals surface area contributed by atoms with Crippen LogP contribution in [-0.2, 0) is 4.79 Å². The van der Waals surface area contributed by atoms with E-state index in [-0.39, 0.29) is 18.4 Å². The number of thiophene rings is 1. The number of nitrogens with one attached hydrogen (secondary N) is 1. The molecule has 1 N–H and O–H groups in total. The summed E-state index contributed by atoms with van der Waals surface area (Å²) < 4.78 is 0. The SMILES string of the molecule is Cc1nc(-c2cccs2)sc1C(=O)N(C)CC(=O)Nc1ccc(Cl)cc1. The smallest absolute Gasteiger partial charge is 0.266 e. The van der Waals surface area contributed by atoms with Crippen molar-refractivity contribution < 1.29 is 9.59 Å². The van der Waals surface area contributed by atoms with Crippen molar-refractivity contribution >= 4 is 51.8 Å². The van der Waals surface area contributed by atoms with Crippen molar-refractivity contribution in [3.63, 3.8) is 0 Å². The van der Waals surface area contributed by atoms with Crippen LogP contribution in [0.4, 0.5) is 5.69 Å². The largest absolute Gasteiger partial charge is 0.332 e. The van der Waals surface area contributed by atoms with Crippen LogP contribution in [0.2, 0.25) is 5.02 Å². The number of benzene rings is 1. The molecule has 26 heavy (non-hydrogen) atoms. The van der Waals surface area contributed by atoms with E-state index >= 15 is 0 Å². The molecule has 0 unspecified atom stereocenters. The number of amides is 2. The number of hydrogen-bond donors (Lipinski definition) is 1. The van der Waals surface area contributed by atoms with Gasteiger partial charge in [-0.15, -0.1) is 22.7 Å². The maximum absolute atomic E-state index is 12.7. The molecule has 0 aliphatic rings.